The zero-order valence-corrected chi connectivity index (χ0v) is 29.1. The third-order valence-electron chi connectivity index (χ3n) is 10.7. The predicted octanol–water partition coefficient (Wildman–Crippen LogP) is 7.85. The molecule has 4 heterocycles. The van der Waals surface area contributed by atoms with Crippen molar-refractivity contribution in [2.45, 2.75) is 216 Å². The SMILES string of the molecule is CCCCCC[C@@H](O)CCC[C@@H](O)[C@@H]1CC[C@@H]([C@@H]2CC[C@H]([C@H]3CC[C@H](CCCCCCCCCC4=C[C@H](C)OC4=O)O3)OCO2)O1. The smallest absolute Gasteiger partial charge is 0.334 e. The van der Waals surface area contributed by atoms with Crippen LogP contribution in [0, 0.1) is 0 Å². The van der Waals surface area contributed by atoms with Crippen LogP contribution in [-0.4, -0.2) is 77.9 Å². The van der Waals surface area contributed by atoms with Crippen molar-refractivity contribution in [1.29, 1.82) is 0 Å². The van der Waals surface area contributed by atoms with Gasteiger partial charge in [-0.05, 0) is 96.5 Å². The van der Waals surface area contributed by atoms with Gasteiger partial charge < -0.3 is 33.9 Å². The van der Waals surface area contributed by atoms with Crippen LogP contribution >= 0.6 is 0 Å². The van der Waals surface area contributed by atoms with E-state index >= 15 is 0 Å². The molecular weight excluding hydrogens is 584 g/mol. The Bertz CT molecular complexity index is 879. The molecule has 2 N–H and O–H groups in total. The molecule has 3 fully saturated rings. The number of rotatable bonds is 22. The molecule has 4 rings (SSSR count). The van der Waals surface area contributed by atoms with Gasteiger partial charge in [0.2, 0.25) is 0 Å². The molecule has 266 valence electrons. The number of carbonyl (C=O) groups excluding carboxylic acids is 1. The quantitative estimate of drug-likeness (QED) is 0.0902. The summed E-state index contributed by atoms with van der Waals surface area (Å²) in [5.74, 6) is -0.122. The number of hydrogen-bond donors (Lipinski definition) is 2. The van der Waals surface area contributed by atoms with Gasteiger partial charge in [0, 0.05) is 5.57 Å². The van der Waals surface area contributed by atoms with E-state index in [0.717, 1.165) is 89.0 Å². The van der Waals surface area contributed by atoms with Gasteiger partial charge in [0.1, 0.15) is 12.9 Å². The lowest BCUT2D eigenvalue weighted by Crippen LogP contribution is -2.32. The zero-order chi connectivity index (χ0) is 32.6. The number of aliphatic hydroxyl groups excluding tert-OH is 2. The topological polar surface area (TPSA) is 104 Å². The van der Waals surface area contributed by atoms with Crippen LogP contribution in [0.25, 0.3) is 0 Å². The maximum atomic E-state index is 11.7. The largest absolute Gasteiger partial charge is 0.455 e. The summed E-state index contributed by atoms with van der Waals surface area (Å²) >= 11 is 0. The van der Waals surface area contributed by atoms with Crippen molar-refractivity contribution in [2.24, 2.45) is 0 Å². The molecule has 0 radical (unpaired) electrons. The molecule has 0 spiro atoms. The molecule has 3 saturated heterocycles. The van der Waals surface area contributed by atoms with Gasteiger partial charge in [-0.25, -0.2) is 4.79 Å². The van der Waals surface area contributed by atoms with Crippen molar-refractivity contribution in [2.75, 3.05) is 6.79 Å². The lowest BCUT2D eigenvalue weighted by Gasteiger charge is -2.24. The highest BCUT2D eigenvalue weighted by Gasteiger charge is 2.39. The van der Waals surface area contributed by atoms with Gasteiger partial charge in [-0.2, -0.15) is 0 Å². The van der Waals surface area contributed by atoms with Gasteiger partial charge in [0.15, 0.2) is 0 Å². The van der Waals surface area contributed by atoms with E-state index in [0.29, 0.717) is 12.5 Å². The van der Waals surface area contributed by atoms with E-state index in [1.807, 2.05) is 13.0 Å². The fraction of sp³-hybridized carbons (Fsp3) is 0.921. The number of hydrogen-bond acceptors (Lipinski definition) is 8. The van der Waals surface area contributed by atoms with Gasteiger partial charge in [-0.15, -0.1) is 0 Å². The van der Waals surface area contributed by atoms with Crippen molar-refractivity contribution >= 4 is 5.97 Å². The Hall–Kier alpha value is -1.03. The molecule has 8 heteroatoms. The Kier molecular flexibility index (Phi) is 17.4. The van der Waals surface area contributed by atoms with Gasteiger partial charge in [0.05, 0.1) is 48.8 Å². The second kappa shape index (κ2) is 21.1. The first-order chi connectivity index (χ1) is 22.4. The molecule has 0 saturated carbocycles. The normalized spacial score (nSPS) is 31.5. The van der Waals surface area contributed by atoms with Crippen LogP contribution in [0.4, 0.5) is 0 Å². The summed E-state index contributed by atoms with van der Waals surface area (Å²) in [5, 5.41) is 21.0. The second-order valence-corrected chi connectivity index (χ2v) is 14.6. The van der Waals surface area contributed by atoms with Crippen molar-refractivity contribution in [1.82, 2.24) is 0 Å². The van der Waals surface area contributed by atoms with Gasteiger partial charge in [-0.1, -0.05) is 71.1 Å². The molecule has 4 aliphatic rings. The molecule has 4 aliphatic heterocycles. The van der Waals surface area contributed by atoms with Crippen LogP contribution in [0.5, 0.6) is 0 Å². The maximum absolute atomic E-state index is 11.7. The lowest BCUT2D eigenvalue weighted by atomic mass is 9.98. The first-order valence-corrected chi connectivity index (χ1v) is 19.2. The minimum Gasteiger partial charge on any atom is -0.455 e. The van der Waals surface area contributed by atoms with E-state index in [9.17, 15) is 15.0 Å². The monoisotopic (exact) mass is 650 g/mol. The summed E-state index contributed by atoms with van der Waals surface area (Å²) in [4.78, 5) is 11.7. The highest BCUT2D eigenvalue weighted by atomic mass is 16.7. The van der Waals surface area contributed by atoms with E-state index < -0.39 is 6.10 Å². The average molecular weight is 651 g/mol. The van der Waals surface area contributed by atoms with E-state index in [1.54, 1.807) is 0 Å². The first kappa shape index (κ1) is 37.8. The Morgan fingerprint density at radius 1 is 0.717 bits per heavy atom. The summed E-state index contributed by atoms with van der Waals surface area (Å²) in [7, 11) is 0. The summed E-state index contributed by atoms with van der Waals surface area (Å²) in [5.41, 5.74) is 0.865. The maximum Gasteiger partial charge on any atom is 0.334 e. The standard InChI is InChI=1S/C38H66O8/c1-3-4-5-12-16-30(39)17-14-19-32(40)33-22-25-37(46-33)35-24-23-34(42-27-43-35)36-21-20-31(45-36)18-13-10-8-6-7-9-11-15-29-26-28(2)44-38(29)41/h26,28,30-37,39-40H,3-25,27H2,1-2H3/t28-,30+,31-,32+,33-,34+,35-,36+,37-/m0/s1. The van der Waals surface area contributed by atoms with Gasteiger partial charge in [-0.3, -0.25) is 0 Å². The highest BCUT2D eigenvalue weighted by molar-refractivity contribution is 5.90. The third-order valence-corrected chi connectivity index (χ3v) is 10.7. The molecule has 0 amide bonds. The van der Waals surface area contributed by atoms with E-state index in [-0.39, 0.29) is 55.5 Å². The molecule has 46 heavy (non-hydrogen) atoms. The Labute approximate surface area is 279 Å². The van der Waals surface area contributed by atoms with E-state index in [2.05, 4.69) is 6.92 Å². The predicted molar refractivity (Wildman–Crippen MR) is 179 cm³/mol. The van der Waals surface area contributed by atoms with Crippen molar-refractivity contribution in [3.63, 3.8) is 0 Å². The minimum absolute atomic E-state index is 0.00402. The number of carbonyl (C=O) groups is 1. The fourth-order valence-corrected chi connectivity index (χ4v) is 7.85. The van der Waals surface area contributed by atoms with Crippen LogP contribution in [-0.2, 0) is 28.5 Å². The molecule has 9 atom stereocenters. The molecule has 0 aromatic carbocycles. The number of aliphatic hydroxyl groups is 2. The zero-order valence-electron chi connectivity index (χ0n) is 29.1. The molecule has 0 aromatic rings. The molecule has 0 aromatic heterocycles. The van der Waals surface area contributed by atoms with Gasteiger partial charge in [0.25, 0.3) is 0 Å². The lowest BCUT2D eigenvalue weighted by molar-refractivity contribution is -0.154. The number of unbranched alkanes of at least 4 members (excludes halogenated alkanes) is 9. The summed E-state index contributed by atoms with van der Waals surface area (Å²) in [6.07, 6.45) is 25.8. The van der Waals surface area contributed by atoms with Crippen LogP contribution in [0.15, 0.2) is 11.6 Å². The Morgan fingerprint density at radius 3 is 2.07 bits per heavy atom. The van der Waals surface area contributed by atoms with Crippen LogP contribution < -0.4 is 0 Å². The summed E-state index contributed by atoms with van der Waals surface area (Å²) in [6.45, 7) is 4.40. The number of ether oxygens (including phenoxy) is 5. The van der Waals surface area contributed by atoms with Crippen molar-refractivity contribution in [3.05, 3.63) is 11.6 Å². The Morgan fingerprint density at radius 2 is 1.35 bits per heavy atom. The highest BCUT2D eigenvalue weighted by Crippen LogP contribution is 2.34. The van der Waals surface area contributed by atoms with Gasteiger partial charge >= 0.3 is 5.97 Å². The minimum atomic E-state index is -0.478. The Balaban J connectivity index is 1.01. The summed E-state index contributed by atoms with van der Waals surface area (Å²) in [6, 6.07) is 0. The molecular formula is C38H66O8. The third kappa shape index (κ3) is 13.1. The number of cyclic esters (lactones) is 1. The van der Waals surface area contributed by atoms with Crippen LogP contribution in [0.2, 0.25) is 0 Å². The van der Waals surface area contributed by atoms with Crippen molar-refractivity contribution in [3.8, 4) is 0 Å². The van der Waals surface area contributed by atoms with Crippen LogP contribution in [0.3, 0.4) is 0 Å². The summed E-state index contributed by atoms with van der Waals surface area (Å²) < 4.78 is 30.2. The molecule has 0 aliphatic carbocycles. The fourth-order valence-electron chi connectivity index (χ4n) is 7.85. The van der Waals surface area contributed by atoms with Crippen LogP contribution in [0.1, 0.15) is 162 Å². The second-order valence-electron chi connectivity index (χ2n) is 14.6. The molecule has 0 bridgehead atoms. The first-order valence-electron chi connectivity index (χ1n) is 19.2. The molecule has 0 unspecified atom stereocenters. The van der Waals surface area contributed by atoms with Crippen molar-refractivity contribution < 1.29 is 38.7 Å². The molecule has 8 nitrogen and oxygen atoms in total. The number of esters is 1. The van der Waals surface area contributed by atoms with E-state index in [4.69, 9.17) is 23.7 Å². The van der Waals surface area contributed by atoms with E-state index in [1.165, 1.54) is 57.8 Å². The average Bonchev–Trinajstić information content (AvgIpc) is 3.75.